The highest BCUT2D eigenvalue weighted by atomic mass is 16.3. The van der Waals surface area contributed by atoms with Crippen LogP contribution >= 0.6 is 0 Å². The summed E-state index contributed by atoms with van der Waals surface area (Å²) >= 11 is 0. The van der Waals surface area contributed by atoms with Gasteiger partial charge in [-0.2, -0.15) is 0 Å². The summed E-state index contributed by atoms with van der Waals surface area (Å²) in [6.45, 7) is 6.15. The summed E-state index contributed by atoms with van der Waals surface area (Å²) < 4.78 is 0. The van der Waals surface area contributed by atoms with E-state index in [2.05, 4.69) is 25.2 Å². The molecule has 1 rings (SSSR count). The van der Waals surface area contributed by atoms with Crippen molar-refractivity contribution in [3.63, 3.8) is 0 Å². The highest BCUT2D eigenvalue weighted by Crippen LogP contribution is 2.19. The third-order valence-electron chi connectivity index (χ3n) is 2.45. The predicted octanol–water partition coefficient (Wildman–Crippen LogP) is 1.82. The number of rotatable bonds is 2. The van der Waals surface area contributed by atoms with Crippen molar-refractivity contribution in [3.05, 3.63) is 34.4 Å². The van der Waals surface area contributed by atoms with Crippen LogP contribution < -0.4 is 5.32 Å². The lowest BCUT2D eigenvalue weighted by molar-refractivity contribution is 0.148. The second kappa shape index (κ2) is 3.90. The first-order valence-electron chi connectivity index (χ1n) is 4.49. The average molecular weight is 179 g/mol. The first kappa shape index (κ1) is 10.2. The van der Waals surface area contributed by atoms with E-state index in [9.17, 15) is 5.11 Å². The normalized spacial score (nSPS) is 13.0. The van der Waals surface area contributed by atoms with E-state index in [-0.39, 0.29) is 0 Å². The molecule has 0 spiro atoms. The Labute approximate surface area is 79.6 Å². The monoisotopic (exact) mass is 179 g/mol. The molecule has 0 bridgehead atoms. The second-order valence-corrected chi connectivity index (χ2v) is 3.48. The Bertz CT molecular complexity index is 307. The molecule has 0 fully saturated rings. The van der Waals surface area contributed by atoms with Crippen LogP contribution in [-0.2, 0) is 0 Å². The van der Waals surface area contributed by atoms with Gasteiger partial charge in [0, 0.05) is 0 Å². The third kappa shape index (κ3) is 2.08. The van der Waals surface area contributed by atoms with Crippen molar-refractivity contribution in [1.82, 2.24) is 5.32 Å². The lowest BCUT2D eigenvalue weighted by atomic mass is 10.00. The molecular formula is C11H17NO. The van der Waals surface area contributed by atoms with E-state index in [1.54, 1.807) is 7.05 Å². The molecule has 0 aliphatic carbocycles. The van der Waals surface area contributed by atoms with Gasteiger partial charge in [0.15, 0.2) is 0 Å². The molecule has 1 aromatic carbocycles. The Hall–Kier alpha value is -0.860. The fourth-order valence-corrected chi connectivity index (χ4v) is 1.43. The van der Waals surface area contributed by atoms with Crippen LogP contribution in [0.3, 0.4) is 0 Å². The third-order valence-corrected chi connectivity index (χ3v) is 2.45. The molecule has 72 valence electrons. The molecule has 2 N–H and O–H groups in total. The number of aliphatic hydroxyl groups is 1. The second-order valence-electron chi connectivity index (χ2n) is 3.48. The Balaban J connectivity index is 3.15. The Morgan fingerprint density at radius 2 is 1.62 bits per heavy atom. The zero-order chi connectivity index (χ0) is 10.0. The van der Waals surface area contributed by atoms with E-state index >= 15 is 0 Å². The zero-order valence-corrected chi connectivity index (χ0v) is 8.68. The molecule has 1 unspecified atom stereocenters. The van der Waals surface area contributed by atoms with Gasteiger partial charge in [0.25, 0.3) is 0 Å². The maximum Gasteiger partial charge on any atom is 0.131 e. The van der Waals surface area contributed by atoms with E-state index in [0.29, 0.717) is 0 Å². The SMILES string of the molecule is CNC(O)c1cc(C)c(C)cc1C. The Morgan fingerprint density at radius 3 is 2.15 bits per heavy atom. The molecule has 0 aromatic heterocycles. The number of hydrogen-bond donors (Lipinski definition) is 2. The molecular weight excluding hydrogens is 162 g/mol. The van der Waals surface area contributed by atoms with Crippen LogP contribution in [0.2, 0.25) is 0 Å². The number of aliphatic hydroxyl groups excluding tert-OH is 1. The summed E-state index contributed by atoms with van der Waals surface area (Å²) in [6, 6.07) is 4.14. The summed E-state index contributed by atoms with van der Waals surface area (Å²) in [6.07, 6.45) is -0.556. The maximum atomic E-state index is 9.61. The zero-order valence-electron chi connectivity index (χ0n) is 8.68. The van der Waals surface area contributed by atoms with Crippen LogP contribution in [0.25, 0.3) is 0 Å². The van der Waals surface area contributed by atoms with Crippen molar-refractivity contribution >= 4 is 0 Å². The molecule has 0 aliphatic rings. The van der Waals surface area contributed by atoms with Gasteiger partial charge in [-0.05, 0) is 50.1 Å². The van der Waals surface area contributed by atoms with Crippen molar-refractivity contribution in [2.75, 3.05) is 7.05 Å². The molecule has 1 aromatic rings. The largest absolute Gasteiger partial charge is 0.374 e. The molecule has 0 aliphatic heterocycles. The lowest BCUT2D eigenvalue weighted by Crippen LogP contribution is -2.16. The standard InChI is InChI=1S/C11H17NO/c1-7-5-9(3)10(6-8(7)2)11(13)12-4/h5-6,11-13H,1-4H3. The summed E-state index contributed by atoms with van der Waals surface area (Å²) in [4.78, 5) is 0. The molecule has 0 radical (unpaired) electrons. The van der Waals surface area contributed by atoms with Gasteiger partial charge in [0.1, 0.15) is 6.23 Å². The summed E-state index contributed by atoms with van der Waals surface area (Å²) in [5, 5.41) is 12.4. The fraction of sp³-hybridized carbons (Fsp3) is 0.455. The number of hydrogen-bond acceptors (Lipinski definition) is 2. The smallest absolute Gasteiger partial charge is 0.131 e. The minimum atomic E-state index is -0.556. The average Bonchev–Trinajstić information content (AvgIpc) is 2.10. The first-order valence-corrected chi connectivity index (χ1v) is 4.49. The van der Waals surface area contributed by atoms with Gasteiger partial charge in [-0.25, -0.2) is 0 Å². The molecule has 0 saturated carbocycles. The van der Waals surface area contributed by atoms with Gasteiger partial charge in [-0.1, -0.05) is 12.1 Å². The van der Waals surface area contributed by atoms with E-state index in [1.807, 2.05) is 13.0 Å². The van der Waals surface area contributed by atoms with Crippen LogP contribution in [-0.4, -0.2) is 12.2 Å². The van der Waals surface area contributed by atoms with Gasteiger partial charge in [0.2, 0.25) is 0 Å². The molecule has 2 nitrogen and oxygen atoms in total. The van der Waals surface area contributed by atoms with Crippen molar-refractivity contribution in [2.24, 2.45) is 0 Å². The topological polar surface area (TPSA) is 32.3 Å². The van der Waals surface area contributed by atoms with Crippen LogP contribution in [0.15, 0.2) is 12.1 Å². The minimum absolute atomic E-state index is 0.556. The molecule has 0 heterocycles. The highest BCUT2D eigenvalue weighted by Gasteiger charge is 2.08. The number of nitrogens with one attached hydrogen (secondary N) is 1. The Kier molecular flexibility index (Phi) is 3.07. The van der Waals surface area contributed by atoms with Crippen LogP contribution in [0, 0.1) is 20.8 Å². The molecule has 2 heteroatoms. The number of aryl methyl sites for hydroxylation is 3. The Morgan fingerprint density at radius 1 is 1.08 bits per heavy atom. The fourth-order valence-electron chi connectivity index (χ4n) is 1.43. The number of benzene rings is 1. The summed E-state index contributed by atoms with van der Waals surface area (Å²) in [5.41, 5.74) is 4.58. The predicted molar refractivity (Wildman–Crippen MR) is 54.7 cm³/mol. The van der Waals surface area contributed by atoms with E-state index in [1.165, 1.54) is 11.1 Å². The van der Waals surface area contributed by atoms with E-state index < -0.39 is 6.23 Å². The summed E-state index contributed by atoms with van der Waals surface area (Å²) in [5.74, 6) is 0. The maximum absolute atomic E-state index is 9.61. The van der Waals surface area contributed by atoms with E-state index in [0.717, 1.165) is 11.1 Å². The summed E-state index contributed by atoms with van der Waals surface area (Å²) in [7, 11) is 1.75. The van der Waals surface area contributed by atoms with Crippen LogP contribution in [0.4, 0.5) is 0 Å². The lowest BCUT2D eigenvalue weighted by Gasteiger charge is -2.14. The van der Waals surface area contributed by atoms with Gasteiger partial charge in [0.05, 0.1) is 0 Å². The minimum Gasteiger partial charge on any atom is -0.374 e. The van der Waals surface area contributed by atoms with Crippen molar-refractivity contribution < 1.29 is 5.11 Å². The van der Waals surface area contributed by atoms with Crippen molar-refractivity contribution in [3.8, 4) is 0 Å². The molecule has 0 saturated heterocycles. The van der Waals surface area contributed by atoms with Crippen LogP contribution in [0.1, 0.15) is 28.5 Å². The first-order chi connectivity index (χ1) is 6.06. The molecule has 13 heavy (non-hydrogen) atoms. The highest BCUT2D eigenvalue weighted by molar-refractivity contribution is 5.37. The quantitative estimate of drug-likeness (QED) is 0.679. The van der Waals surface area contributed by atoms with Gasteiger partial charge < -0.3 is 5.11 Å². The molecule has 0 amide bonds. The van der Waals surface area contributed by atoms with Gasteiger partial charge in [-0.15, -0.1) is 0 Å². The van der Waals surface area contributed by atoms with Crippen molar-refractivity contribution in [1.29, 1.82) is 0 Å². The van der Waals surface area contributed by atoms with Gasteiger partial charge in [-0.3, -0.25) is 5.32 Å². The van der Waals surface area contributed by atoms with Gasteiger partial charge >= 0.3 is 0 Å². The van der Waals surface area contributed by atoms with Crippen LogP contribution in [0.5, 0.6) is 0 Å². The van der Waals surface area contributed by atoms with E-state index in [4.69, 9.17) is 0 Å². The van der Waals surface area contributed by atoms with Crippen molar-refractivity contribution in [2.45, 2.75) is 27.0 Å². The molecule has 1 atom stereocenters.